The SMILES string of the molecule is CCc1ccc(OC)c(CCCCC(=O)NN)c1. The van der Waals surface area contributed by atoms with E-state index in [2.05, 4.69) is 24.5 Å². The molecule has 1 aromatic carbocycles. The molecule has 0 aliphatic rings. The van der Waals surface area contributed by atoms with E-state index >= 15 is 0 Å². The second-order valence-electron chi connectivity index (χ2n) is 4.27. The molecule has 1 amide bonds. The molecule has 0 bridgehead atoms. The van der Waals surface area contributed by atoms with Gasteiger partial charge >= 0.3 is 0 Å². The maximum Gasteiger partial charge on any atom is 0.233 e. The van der Waals surface area contributed by atoms with Crippen molar-refractivity contribution < 1.29 is 9.53 Å². The Balaban J connectivity index is 2.52. The van der Waals surface area contributed by atoms with Crippen molar-refractivity contribution in [1.29, 1.82) is 0 Å². The zero-order valence-electron chi connectivity index (χ0n) is 11.2. The van der Waals surface area contributed by atoms with Gasteiger partial charge in [-0.1, -0.05) is 19.1 Å². The standard InChI is InChI=1S/C14H22N2O2/c1-3-11-8-9-13(18-2)12(10-11)6-4-5-7-14(17)16-15/h8-10H,3-7,15H2,1-2H3,(H,16,17). The van der Waals surface area contributed by atoms with Crippen LogP contribution in [0.15, 0.2) is 18.2 Å². The molecule has 0 unspecified atom stereocenters. The van der Waals surface area contributed by atoms with Gasteiger partial charge in [-0.25, -0.2) is 5.84 Å². The minimum Gasteiger partial charge on any atom is -0.496 e. The first kappa shape index (κ1) is 14.5. The van der Waals surface area contributed by atoms with Crippen LogP contribution in [0.3, 0.4) is 0 Å². The van der Waals surface area contributed by atoms with Gasteiger partial charge in [0, 0.05) is 6.42 Å². The molecular weight excluding hydrogens is 228 g/mol. The van der Waals surface area contributed by atoms with E-state index in [1.165, 1.54) is 11.1 Å². The topological polar surface area (TPSA) is 64.3 Å². The van der Waals surface area contributed by atoms with E-state index in [-0.39, 0.29) is 5.91 Å². The van der Waals surface area contributed by atoms with Gasteiger partial charge in [0.25, 0.3) is 0 Å². The molecule has 0 saturated heterocycles. The Kier molecular flexibility index (Phi) is 6.22. The van der Waals surface area contributed by atoms with Crippen molar-refractivity contribution in [2.75, 3.05) is 7.11 Å². The van der Waals surface area contributed by atoms with Crippen LogP contribution in [0.25, 0.3) is 0 Å². The Morgan fingerprint density at radius 1 is 1.39 bits per heavy atom. The lowest BCUT2D eigenvalue weighted by Gasteiger charge is -2.10. The molecule has 3 N–H and O–H groups in total. The van der Waals surface area contributed by atoms with E-state index < -0.39 is 0 Å². The summed E-state index contributed by atoms with van der Waals surface area (Å²) in [6.07, 6.45) is 4.22. The lowest BCUT2D eigenvalue weighted by atomic mass is 10.0. The molecule has 4 nitrogen and oxygen atoms in total. The van der Waals surface area contributed by atoms with Crippen LogP contribution < -0.4 is 16.0 Å². The number of hydrogen-bond donors (Lipinski definition) is 2. The van der Waals surface area contributed by atoms with Crippen LogP contribution >= 0.6 is 0 Å². The summed E-state index contributed by atoms with van der Waals surface area (Å²) >= 11 is 0. The molecule has 4 heteroatoms. The Morgan fingerprint density at radius 3 is 2.78 bits per heavy atom. The van der Waals surface area contributed by atoms with Crippen LogP contribution in [0.4, 0.5) is 0 Å². The van der Waals surface area contributed by atoms with Gasteiger partial charge in [-0.15, -0.1) is 0 Å². The van der Waals surface area contributed by atoms with E-state index in [1.807, 2.05) is 6.07 Å². The van der Waals surface area contributed by atoms with Crippen molar-refractivity contribution >= 4 is 5.91 Å². The van der Waals surface area contributed by atoms with Gasteiger partial charge < -0.3 is 4.74 Å². The van der Waals surface area contributed by atoms with Gasteiger partial charge in [0.05, 0.1) is 7.11 Å². The summed E-state index contributed by atoms with van der Waals surface area (Å²) in [6, 6.07) is 6.28. The van der Waals surface area contributed by atoms with E-state index in [0.29, 0.717) is 6.42 Å². The normalized spacial score (nSPS) is 10.2. The second kappa shape index (κ2) is 7.71. The van der Waals surface area contributed by atoms with Crippen molar-refractivity contribution in [2.24, 2.45) is 5.84 Å². The van der Waals surface area contributed by atoms with Gasteiger partial charge in [0.1, 0.15) is 5.75 Å². The van der Waals surface area contributed by atoms with Crippen LogP contribution in [0.5, 0.6) is 5.75 Å². The monoisotopic (exact) mass is 250 g/mol. The van der Waals surface area contributed by atoms with Crippen molar-refractivity contribution in [1.82, 2.24) is 5.43 Å². The van der Waals surface area contributed by atoms with E-state index in [0.717, 1.165) is 31.4 Å². The summed E-state index contributed by atoms with van der Waals surface area (Å²) in [4.78, 5) is 11.0. The number of hydrazine groups is 1. The summed E-state index contributed by atoms with van der Waals surface area (Å²) in [6.45, 7) is 2.14. The minimum absolute atomic E-state index is 0.107. The van der Waals surface area contributed by atoms with E-state index in [9.17, 15) is 4.79 Å². The van der Waals surface area contributed by atoms with Gasteiger partial charge in [0.2, 0.25) is 5.91 Å². The first-order valence-electron chi connectivity index (χ1n) is 6.36. The first-order valence-corrected chi connectivity index (χ1v) is 6.36. The third-order valence-electron chi connectivity index (χ3n) is 3.01. The molecule has 100 valence electrons. The number of benzene rings is 1. The summed E-state index contributed by atoms with van der Waals surface area (Å²) in [7, 11) is 1.69. The molecule has 0 saturated carbocycles. The number of nitrogens with two attached hydrogens (primary N) is 1. The van der Waals surface area contributed by atoms with Crippen LogP contribution in [0, 0.1) is 0 Å². The molecule has 1 rings (SSSR count). The molecular formula is C14H22N2O2. The molecule has 18 heavy (non-hydrogen) atoms. The molecule has 0 atom stereocenters. The first-order chi connectivity index (χ1) is 8.71. The minimum atomic E-state index is -0.107. The Labute approximate surface area is 108 Å². The van der Waals surface area contributed by atoms with Crippen molar-refractivity contribution in [2.45, 2.75) is 39.0 Å². The number of carbonyl (C=O) groups is 1. The number of nitrogens with one attached hydrogen (secondary N) is 1. The Hall–Kier alpha value is -1.55. The molecule has 0 aliphatic carbocycles. The third-order valence-corrected chi connectivity index (χ3v) is 3.01. The predicted octanol–water partition coefficient (Wildman–Crippen LogP) is 1.96. The highest BCUT2D eigenvalue weighted by Gasteiger charge is 2.05. The number of rotatable bonds is 7. The summed E-state index contributed by atoms with van der Waals surface area (Å²) in [5.74, 6) is 5.85. The average Bonchev–Trinajstić information content (AvgIpc) is 2.42. The highest BCUT2D eigenvalue weighted by atomic mass is 16.5. The largest absolute Gasteiger partial charge is 0.496 e. The molecule has 0 radical (unpaired) electrons. The number of hydrogen-bond acceptors (Lipinski definition) is 3. The fraction of sp³-hybridized carbons (Fsp3) is 0.500. The summed E-state index contributed by atoms with van der Waals surface area (Å²) in [5.41, 5.74) is 4.66. The van der Waals surface area contributed by atoms with Crippen molar-refractivity contribution in [3.8, 4) is 5.75 Å². The zero-order chi connectivity index (χ0) is 13.4. The van der Waals surface area contributed by atoms with Gasteiger partial charge in [0.15, 0.2) is 0 Å². The van der Waals surface area contributed by atoms with Crippen LogP contribution in [-0.2, 0) is 17.6 Å². The molecule has 0 aromatic heterocycles. The fourth-order valence-corrected chi connectivity index (χ4v) is 1.92. The number of ether oxygens (including phenoxy) is 1. The molecule has 0 aliphatic heterocycles. The van der Waals surface area contributed by atoms with E-state index in [1.54, 1.807) is 7.11 Å². The maximum atomic E-state index is 11.0. The predicted molar refractivity (Wildman–Crippen MR) is 72.3 cm³/mol. The Bertz CT molecular complexity index is 391. The van der Waals surface area contributed by atoms with Crippen molar-refractivity contribution in [3.05, 3.63) is 29.3 Å². The molecule has 1 aromatic rings. The molecule has 0 fully saturated rings. The number of unbranched alkanes of at least 4 members (excludes halogenated alkanes) is 1. The van der Waals surface area contributed by atoms with E-state index in [4.69, 9.17) is 10.6 Å². The van der Waals surface area contributed by atoms with Crippen LogP contribution in [0.1, 0.15) is 37.3 Å². The second-order valence-corrected chi connectivity index (χ2v) is 4.27. The van der Waals surface area contributed by atoms with Crippen molar-refractivity contribution in [3.63, 3.8) is 0 Å². The highest BCUT2D eigenvalue weighted by Crippen LogP contribution is 2.22. The average molecular weight is 250 g/mol. The quantitative estimate of drug-likeness (QED) is 0.336. The number of aryl methyl sites for hydroxylation is 2. The third kappa shape index (κ3) is 4.37. The lowest BCUT2D eigenvalue weighted by molar-refractivity contribution is -0.121. The van der Waals surface area contributed by atoms with Gasteiger partial charge in [-0.2, -0.15) is 0 Å². The van der Waals surface area contributed by atoms with Gasteiger partial charge in [-0.3, -0.25) is 10.2 Å². The van der Waals surface area contributed by atoms with Crippen LogP contribution in [-0.4, -0.2) is 13.0 Å². The summed E-state index contributed by atoms with van der Waals surface area (Å²) in [5, 5.41) is 0. The summed E-state index contributed by atoms with van der Waals surface area (Å²) < 4.78 is 5.34. The molecule has 0 spiro atoms. The Morgan fingerprint density at radius 2 is 2.17 bits per heavy atom. The molecule has 0 heterocycles. The lowest BCUT2D eigenvalue weighted by Crippen LogP contribution is -2.29. The smallest absolute Gasteiger partial charge is 0.233 e. The number of methoxy groups -OCH3 is 1. The fourth-order valence-electron chi connectivity index (χ4n) is 1.92. The van der Waals surface area contributed by atoms with Crippen LogP contribution in [0.2, 0.25) is 0 Å². The zero-order valence-corrected chi connectivity index (χ0v) is 11.2. The number of carbonyl (C=O) groups excluding carboxylic acids is 1. The highest BCUT2D eigenvalue weighted by molar-refractivity contribution is 5.75. The maximum absolute atomic E-state index is 11.0. The number of amides is 1. The van der Waals surface area contributed by atoms with Gasteiger partial charge in [-0.05, 0) is 42.9 Å².